The second-order valence-corrected chi connectivity index (χ2v) is 8.95. The molecule has 2 N–H and O–H groups in total. The number of carbonyl (C=O) groups excluding carboxylic acids is 1. The summed E-state index contributed by atoms with van der Waals surface area (Å²) in [5, 5.41) is 6.75. The summed E-state index contributed by atoms with van der Waals surface area (Å²) in [7, 11) is 5.30. The molecule has 0 aromatic heterocycles. The van der Waals surface area contributed by atoms with E-state index in [2.05, 4.69) is 51.7 Å². The number of piperidine rings is 1. The topological polar surface area (TPSA) is 60.0 Å². The predicted octanol–water partition coefficient (Wildman–Crippen LogP) is 3.49. The van der Waals surface area contributed by atoms with E-state index in [4.69, 9.17) is 0 Å². The van der Waals surface area contributed by atoms with Crippen molar-refractivity contribution in [3.05, 3.63) is 70.8 Å². The van der Waals surface area contributed by atoms with E-state index >= 15 is 0 Å². The normalized spacial score (nSPS) is 15.4. The zero-order chi connectivity index (χ0) is 22.9. The van der Waals surface area contributed by atoms with Gasteiger partial charge in [0.15, 0.2) is 5.96 Å². The smallest absolute Gasteiger partial charge is 0.253 e. The molecule has 172 valence electrons. The van der Waals surface area contributed by atoms with Crippen LogP contribution in [0.5, 0.6) is 0 Å². The lowest BCUT2D eigenvalue weighted by atomic mass is 9.98. The van der Waals surface area contributed by atoms with Crippen LogP contribution in [0.15, 0.2) is 53.5 Å². The van der Waals surface area contributed by atoms with E-state index in [1.54, 1.807) is 26.0 Å². The van der Waals surface area contributed by atoms with Crippen molar-refractivity contribution in [2.75, 3.05) is 34.2 Å². The molecule has 1 aliphatic rings. The molecule has 1 aliphatic heterocycles. The highest BCUT2D eigenvalue weighted by atomic mass is 16.2. The van der Waals surface area contributed by atoms with Crippen LogP contribution in [-0.2, 0) is 19.6 Å². The number of rotatable bonds is 7. The molecular formula is C26H37N5O. The number of likely N-dealkylation sites (tertiary alicyclic amines) is 1. The summed E-state index contributed by atoms with van der Waals surface area (Å²) in [6, 6.07) is 16.5. The quantitative estimate of drug-likeness (QED) is 0.516. The molecule has 6 nitrogen and oxygen atoms in total. The predicted molar refractivity (Wildman–Crippen MR) is 132 cm³/mol. The minimum Gasteiger partial charge on any atom is -0.352 e. The van der Waals surface area contributed by atoms with E-state index in [-0.39, 0.29) is 5.91 Å². The van der Waals surface area contributed by atoms with Gasteiger partial charge in [0.2, 0.25) is 0 Å². The van der Waals surface area contributed by atoms with E-state index < -0.39 is 0 Å². The number of amides is 1. The van der Waals surface area contributed by atoms with Gasteiger partial charge in [-0.2, -0.15) is 0 Å². The maximum atomic E-state index is 12.0. The second-order valence-electron chi connectivity index (χ2n) is 8.95. The third-order valence-electron chi connectivity index (χ3n) is 6.02. The van der Waals surface area contributed by atoms with Crippen LogP contribution < -0.4 is 10.6 Å². The first-order valence-corrected chi connectivity index (χ1v) is 11.5. The molecule has 3 rings (SSSR count). The van der Waals surface area contributed by atoms with Gasteiger partial charge in [-0.05, 0) is 60.7 Å². The maximum Gasteiger partial charge on any atom is 0.253 e. The molecular weight excluding hydrogens is 398 g/mol. The summed E-state index contributed by atoms with van der Waals surface area (Å²) in [5.41, 5.74) is 4.41. The van der Waals surface area contributed by atoms with Crippen LogP contribution in [0, 0.1) is 5.92 Å². The van der Waals surface area contributed by atoms with Gasteiger partial charge in [0.1, 0.15) is 0 Å². The first-order chi connectivity index (χ1) is 15.4. The van der Waals surface area contributed by atoms with E-state index in [0.717, 1.165) is 30.5 Å². The number of hydrogen-bond acceptors (Lipinski definition) is 3. The van der Waals surface area contributed by atoms with Crippen molar-refractivity contribution < 1.29 is 4.79 Å². The Kier molecular flexibility index (Phi) is 8.68. The van der Waals surface area contributed by atoms with Crippen molar-refractivity contribution in [1.82, 2.24) is 20.4 Å². The average Bonchev–Trinajstić information content (AvgIpc) is 2.81. The zero-order valence-corrected chi connectivity index (χ0v) is 19.9. The fraction of sp³-hybridized carbons (Fsp3) is 0.462. The molecule has 6 heteroatoms. The van der Waals surface area contributed by atoms with Crippen LogP contribution in [0.25, 0.3) is 0 Å². The van der Waals surface area contributed by atoms with Crippen molar-refractivity contribution in [1.29, 1.82) is 0 Å². The Labute approximate surface area is 192 Å². The van der Waals surface area contributed by atoms with Crippen LogP contribution in [0.2, 0.25) is 0 Å². The Hall–Kier alpha value is -2.86. The van der Waals surface area contributed by atoms with Gasteiger partial charge < -0.3 is 15.5 Å². The van der Waals surface area contributed by atoms with Gasteiger partial charge in [0.25, 0.3) is 5.91 Å². The Morgan fingerprint density at radius 1 is 1.00 bits per heavy atom. The SMILES string of the molecule is CN=C(NCc1ccc(C(=O)N(C)C)cc1)NCc1cccc(CN2CCC(C)CC2)c1. The number of aliphatic imine (C=N–C) groups is 1. The van der Waals surface area contributed by atoms with Gasteiger partial charge in [-0.1, -0.05) is 43.3 Å². The monoisotopic (exact) mass is 435 g/mol. The van der Waals surface area contributed by atoms with Crippen LogP contribution in [-0.4, -0.2) is 55.9 Å². The molecule has 0 radical (unpaired) electrons. The lowest BCUT2D eigenvalue weighted by molar-refractivity contribution is 0.0827. The Bertz CT molecular complexity index is 899. The highest BCUT2D eigenvalue weighted by Gasteiger charge is 2.15. The third kappa shape index (κ3) is 7.09. The van der Waals surface area contributed by atoms with Crippen molar-refractivity contribution in [2.45, 2.75) is 39.4 Å². The molecule has 0 atom stereocenters. The molecule has 0 aliphatic carbocycles. The average molecular weight is 436 g/mol. The molecule has 1 fully saturated rings. The van der Waals surface area contributed by atoms with Crippen molar-refractivity contribution >= 4 is 11.9 Å². The van der Waals surface area contributed by atoms with Gasteiger partial charge in [0.05, 0.1) is 0 Å². The lowest BCUT2D eigenvalue weighted by Gasteiger charge is -2.30. The molecule has 0 spiro atoms. The summed E-state index contributed by atoms with van der Waals surface area (Å²) in [6.45, 7) is 7.14. The van der Waals surface area contributed by atoms with Crippen molar-refractivity contribution in [3.8, 4) is 0 Å². The van der Waals surface area contributed by atoms with Crippen molar-refractivity contribution in [2.24, 2.45) is 10.9 Å². The van der Waals surface area contributed by atoms with Gasteiger partial charge in [0, 0.05) is 46.3 Å². The molecule has 0 saturated carbocycles. The van der Waals surface area contributed by atoms with E-state index in [1.807, 2.05) is 24.3 Å². The van der Waals surface area contributed by atoms with Gasteiger partial charge in [-0.3, -0.25) is 14.7 Å². The second kappa shape index (κ2) is 11.7. The lowest BCUT2D eigenvalue weighted by Crippen LogP contribution is -2.36. The highest BCUT2D eigenvalue weighted by molar-refractivity contribution is 5.93. The zero-order valence-electron chi connectivity index (χ0n) is 19.9. The number of hydrogen-bond donors (Lipinski definition) is 2. The molecule has 1 amide bonds. The van der Waals surface area contributed by atoms with Crippen molar-refractivity contribution in [3.63, 3.8) is 0 Å². The minimum atomic E-state index is 0.0130. The summed E-state index contributed by atoms with van der Waals surface area (Å²) >= 11 is 0. The first kappa shape index (κ1) is 23.8. The van der Waals surface area contributed by atoms with Gasteiger partial charge in [-0.25, -0.2) is 0 Å². The molecule has 32 heavy (non-hydrogen) atoms. The number of benzene rings is 2. The molecule has 2 aromatic rings. The molecule has 0 unspecified atom stereocenters. The molecule has 0 bridgehead atoms. The Morgan fingerprint density at radius 3 is 2.25 bits per heavy atom. The van der Waals surface area contributed by atoms with Crippen LogP contribution in [0.4, 0.5) is 0 Å². The Balaban J connectivity index is 1.47. The Morgan fingerprint density at radius 2 is 1.62 bits per heavy atom. The summed E-state index contributed by atoms with van der Waals surface area (Å²) in [6.07, 6.45) is 2.61. The fourth-order valence-corrected chi connectivity index (χ4v) is 3.93. The number of guanidine groups is 1. The van der Waals surface area contributed by atoms with Gasteiger partial charge in [-0.15, -0.1) is 0 Å². The summed E-state index contributed by atoms with van der Waals surface area (Å²) in [5.74, 6) is 1.63. The van der Waals surface area contributed by atoms with E-state index in [9.17, 15) is 4.79 Å². The standard InChI is InChI=1S/C26H37N5O/c1-20-12-14-31(15-13-20)19-23-7-5-6-22(16-23)18-29-26(27-2)28-17-21-8-10-24(11-9-21)25(32)30(3)4/h5-11,16,20H,12-15,17-19H2,1-4H3,(H2,27,28,29). The molecule has 1 saturated heterocycles. The van der Waals surface area contributed by atoms with E-state index in [0.29, 0.717) is 12.1 Å². The van der Waals surface area contributed by atoms with Gasteiger partial charge >= 0.3 is 0 Å². The first-order valence-electron chi connectivity index (χ1n) is 11.5. The third-order valence-corrected chi connectivity index (χ3v) is 6.02. The minimum absolute atomic E-state index is 0.0130. The molecule has 1 heterocycles. The van der Waals surface area contributed by atoms with E-state index in [1.165, 1.54) is 37.1 Å². The summed E-state index contributed by atoms with van der Waals surface area (Å²) < 4.78 is 0. The largest absolute Gasteiger partial charge is 0.352 e. The fourth-order valence-electron chi connectivity index (χ4n) is 3.93. The highest BCUT2D eigenvalue weighted by Crippen LogP contribution is 2.18. The maximum absolute atomic E-state index is 12.0. The summed E-state index contributed by atoms with van der Waals surface area (Å²) in [4.78, 5) is 20.5. The van der Waals surface area contributed by atoms with Crippen LogP contribution >= 0.6 is 0 Å². The molecule has 2 aromatic carbocycles. The van der Waals surface area contributed by atoms with Crippen LogP contribution in [0.1, 0.15) is 46.8 Å². The van der Waals surface area contributed by atoms with Crippen LogP contribution in [0.3, 0.4) is 0 Å². The number of carbonyl (C=O) groups is 1. The number of nitrogens with one attached hydrogen (secondary N) is 2. The number of nitrogens with zero attached hydrogens (tertiary/aromatic N) is 3.